The van der Waals surface area contributed by atoms with Gasteiger partial charge < -0.3 is 14.5 Å². The Morgan fingerprint density at radius 1 is 0.955 bits per heavy atom. The van der Waals surface area contributed by atoms with Gasteiger partial charge in [-0.05, 0) is 41.5 Å². The molecular weight excluding hydrogens is 278 g/mol. The lowest BCUT2D eigenvalue weighted by molar-refractivity contribution is 0.0593. The zero-order valence-corrected chi connectivity index (χ0v) is 15.0. The van der Waals surface area contributed by atoms with Gasteiger partial charge >= 0.3 is 5.97 Å². The number of carbonyl (C=O) groups excluding carboxylic acids is 1. The maximum Gasteiger partial charge on any atom is 0.357 e. The third-order valence-corrected chi connectivity index (χ3v) is 4.14. The van der Waals surface area contributed by atoms with E-state index in [0.717, 1.165) is 48.8 Å². The van der Waals surface area contributed by atoms with Crippen LogP contribution < -0.4 is 9.80 Å². The first-order valence-electron chi connectivity index (χ1n) is 8.05. The maximum atomic E-state index is 12.1. The molecule has 0 aromatic carbocycles. The van der Waals surface area contributed by atoms with Crippen LogP contribution in [0.3, 0.4) is 0 Å². The standard InChI is InChI=1S/C17H29N3O2/c1-8-19(9-2)15-12(5)14(17(21)22-7)18-16(13(15)6)20(10-3)11-4/h8-11H2,1-7H3. The largest absolute Gasteiger partial charge is 0.464 e. The third kappa shape index (κ3) is 3.34. The second-order valence-corrected chi connectivity index (χ2v) is 5.22. The van der Waals surface area contributed by atoms with Crippen LogP contribution in [0.4, 0.5) is 11.5 Å². The van der Waals surface area contributed by atoms with Crippen molar-refractivity contribution in [3.63, 3.8) is 0 Å². The summed E-state index contributed by atoms with van der Waals surface area (Å²) in [6, 6.07) is 0. The summed E-state index contributed by atoms with van der Waals surface area (Å²) in [7, 11) is 1.40. The van der Waals surface area contributed by atoms with E-state index in [9.17, 15) is 4.79 Å². The van der Waals surface area contributed by atoms with Crippen LogP contribution in [0.5, 0.6) is 0 Å². The molecule has 0 unspecified atom stereocenters. The SMILES string of the molecule is CCN(CC)c1nc(C(=O)OC)c(C)c(N(CC)CC)c1C. The first kappa shape index (κ1) is 18.3. The summed E-state index contributed by atoms with van der Waals surface area (Å²) in [6.45, 7) is 16.0. The zero-order chi connectivity index (χ0) is 16.9. The average molecular weight is 307 g/mol. The molecule has 5 nitrogen and oxygen atoms in total. The molecule has 0 aliphatic carbocycles. The van der Waals surface area contributed by atoms with Crippen molar-refractivity contribution in [3.8, 4) is 0 Å². The maximum absolute atomic E-state index is 12.1. The predicted molar refractivity (Wildman–Crippen MR) is 92.2 cm³/mol. The number of hydrogen-bond acceptors (Lipinski definition) is 5. The molecule has 1 aromatic heterocycles. The molecule has 5 heteroatoms. The number of carbonyl (C=O) groups is 1. The van der Waals surface area contributed by atoms with Gasteiger partial charge in [-0.1, -0.05) is 0 Å². The van der Waals surface area contributed by atoms with Gasteiger partial charge in [0.2, 0.25) is 0 Å². The molecule has 0 radical (unpaired) electrons. The van der Waals surface area contributed by atoms with Crippen LogP contribution in [0.15, 0.2) is 0 Å². The van der Waals surface area contributed by atoms with Gasteiger partial charge in [0.15, 0.2) is 5.69 Å². The molecule has 0 bridgehead atoms. The first-order valence-corrected chi connectivity index (χ1v) is 8.05. The molecule has 0 atom stereocenters. The van der Waals surface area contributed by atoms with Crippen molar-refractivity contribution in [2.75, 3.05) is 43.1 Å². The molecule has 0 spiro atoms. The fourth-order valence-electron chi connectivity index (χ4n) is 2.91. The summed E-state index contributed by atoms with van der Waals surface area (Å²) in [6.07, 6.45) is 0. The zero-order valence-electron chi connectivity index (χ0n) is 15.0. The Morgan fingerprint density at radius 2 is 1.45 bits per heavy atom. The molecule has 0 N–H and O–H groups in total. The highest BCUT2D eigenvalue weighted by molar-refractivity contribution is 5.92. The smallest absolute Gasteiger partial charge is 0.357 e. The fourth-order valence-corrected chi connectivity index (χ4v) is 2.91. The van der Waals surface area contributed by atoms with Gasteiger partial charge in [-0.2, -0.15) is 0 Å². The van der Waals surface area contributed by atoms with Crippen LogP contribution in [0, 0.1) is 13.8 Å². The molecule has 22 heavy (non-hydrogen) atoms. The summed E-state index contributed by atoms with van der Waals surface area (Å²) in [5.74, 6) is 0.497. The number of anilines is 2. The Hall–Kier alpha value is -1.78. The Labute approximate surface area is 134 Å². The van der Waals surface area contributed by atoms with Crippen LogP contribution in [-0.2, 0) is 4.74 Å². The van der Waals surface area contributed by atoms with E-state index in [2.05, 4.69) is 49.4 Å². The molecule has 0 fully saturated rings. The lowest BCUT2D eigenvalue weighted by Crippen LogP contribution is -2.29. The van der Waals surface area contributed by atoms with Gasteiger partial charge in [0.05, 0.1) is 7.11 Å². The van der Waals surface area contributed by atoms with Gasteiger partial charge in [-0.3, -0.25) is 0 Å². The lowest BCUT2D eigenvalue weighted by atomic mass is 10.1. The van der Waals surface area contributed by atoms with E-state index in [1.165, 1.54) is 7.11 Å². The summed E-state index contributed by atoms with van der Waals surface area (Å²) < 4.78 is 4.92. The molecule has 0 aliphatic heterocycles. The van der Waals surface area contributed by atoms with E-state index >= 15 is 0 Å². The van der Waals surface area contributed by atoms with Crippen molar-refractivity contribution in [2.24, 2.45) is 0 Å². The van der Waals surface area contributed by atoms with Crippen molar-refractivity contribution < 1.29 is 9.53 Å². The van der Waals surface area contributed by atoms with Crippen LogP contribution in [0.25, 0.3) is 0 Å². The number of esters is 1. The van der Waals surface area contributed by atoms with Gasteiger partial charge in [0.1, 0.15) is 5.82 Å². The van der Waals surface area contributed by atoms with Gasteiger partial charge in [0.25, 0.3) is 0 Å². The second-order valence-electron chi connectivity index (χ2n) is 5.22. The summed E-state index contributed by atoms with van der Waals surface area (Å²) >= 11 is 0. The van der Waals surface area contributed by atoms with E-state index in [1.807, 2.05) is 6.92 Å². The quantitative estimate of drug-likeness (QED) is 0.724. The molecule has 1 rings (SSSR count). The molecule has 124 valence electrons. The monoisotopic (exact) mass is 307 g/mol. The molecule has 0 aliphatic rings. The molecular formula is C17H29N3O2. The highest BCUT2D eigenvalue weighted by Crippen LogP contribution is 2.33. The van der Waals surface area contributed by atoms with Crippen molar-refractivity contribution in [3.05, 3.63) is 16.8 Å². The summed E-state index contributed by atoms with van der Waals surface area (Å²) in [4.78, 5) is 21.2. The van der Waals surface area contributed by atoms with Crippen molar-refractivity contribution in [1.29, 1.82) is 0 Å². The van der Waals surface area contributed by atoms with Crippen LogP contribution >= 0.6 is 0 Å². The number of pyridine rings is 1. The van der Waals surface area contributed by atoms with Crippen LogP contribution in [-0.4, -0.2) is 44.2 Å². The predicted octanol–water partition coefficient (Wildman–Crippen LogP) is 3.18. The minimum absolute atomic E-state index is 0.376. The van der Waals surface area contributed by atoms with E-state index in [0.29, 0.717) is 5.69 Å². The topological polar surface area (TPSA) is 45.7 Å². The van der Waals surface area contributed by atoms with E-state index < -0.39 is 0 Å². The van der Waals surface area contributed by atoms with Gasteiger partial charge in [0, 0.05) is 43.0 Å². The summed E-state index contributed by atoms with van der Waals surface area (Å²) in [5, 5.41) is 0. The Morgan fingerprint density at radius 3 is 1.86 bits per heavy atom. The molecule has 0 saturated carbocycles. The number of nitrogens with zero attached hydrogens (tertiary/aromatic N) is 3. The normalized spacial score (nSPS) is 10.5. The number of aromatic nitrogens is 1. The third-order valence-electron chi connectivity index (χ3n) is 4.14. The van der Waals surface area contributed by atoms with Crippen LogP contribution in [0.2, 0.25) is 0 Å². The highest BCUT2D eigenvalue weighted by atomic mass is 16.5. The molecule has 0 amide bonds. The van der Waals surface area contributed by atoms with Crippen molar-refractivity contribution >= 4 is 17.5 Å². The van der Waals surface area contributed by atoms with Crippen molar-refractivity contribution in [2.45, 2.75) is 41.5 Å². The molecule has 0 saturated heterocycles. The number of hydrogen-bond donors (Lipinski definition) is 0. The molecule has 1 heterocycles. The first-order chi connectivity index (χ1) is 10.5. The Balaban J connectivity index is 3.66. The number of rotatable bonds is 7. The molecule has 1 aromatic rings. The van der Waals surface area contributed by atoms with Gasteiger partial charge in [-0.25, -0.2) is 9.78 Å². The average Bonchev–Trinajstić information content (AvgIpc) is 2.53. The van der Waals surface area contributed by atoms with Crippen LogP contribution in [0.1, 0.15) is 49.3 Å². The van der Waals surface area contributed by atoms with E-state index in [-0.39, 0.29) is 5.97 Å². The van der Waals surface area contributed by atoms with E-state index in [1.54, 1.807) is 0 Å². The second kappa shape index (κ2) is 8.01. The minimum atomic E-state index is -0.376. The minimum Gasteiger partial charge on any atom is -0.464 e. The number of methoxy groups -OCH3 is 1. The Bertz CT molecular complexity index is 521. The van der Waals surface area contributed by atoms with Gasteiger partial charge in [-0.15, -0.1) is 0 Å². The Kier molecular flexibility index (Phi) is 6.65. The van der Waals surface area contributed by atoms with Crippen molar-refractivity contribution in [1.82, 2.24) is 4.98 Å². The number of ether oxygens (including phenoxy) is 1. The lowest BCUT2D eigenvalue weighted by Gasteiger charge is -2.30. The van der Waals surface area contributed by atoms with E-state index in [4.69, 9.17) is 4.74 Å². The summed E-state index contributed by atoms with van der Waals surface area (Å²) in [5.41, 5.74) is 3.53. The fraction of sp³-hybridized carbons (Fsp3) is 0.647. The highest BCUT2D eigenvalue weighted by Gasteiger charge is 2.23.